The van der Waals surface area contributed by atoms with E-state index in [0.29, 0.717) is 0 Å². The smallest absolute Gasteiger partial charge is 0.239 e. The zero-order valence-electron chi connectivity index (χ0n) is 31.9. The second-order valence-electron chi connectivity index (χ2n) is 13.8. The van der Waals surface area contributed by atoms with E-state index >= 15 is 0 Å². The highest BCUT2D eigenvalue weighted by atomic mass is 35.5. The number of hydrogen-bond donors (Lipinski definition) is 6. The summed E-state index contributed by atoms with van der Waals surface area (Å²) in [6.07, 6.45) is 0. The van der Waals surface area contributed by atoms with E-state index in [2.05, 4.69) is 31.9 Å². The number of anilines is 4. The van der Waals surface area contributed by atoms with Gasteiger partial charge >= 0.3 is 0 Å². The summed E-state index contributed by atoms with van der Waals surface area (Å²) >= 11 is 11.0. The van der Waals surface area contributed by atoms with E-state index in [9.17, 15) is 38.4 Å². The van der Waals surface area contributed by atoms with Crippen LogP contribution in [0.3, 0.4) is 0 Å². The Balaban J connectivity index is 0.000000316. The predicted molar refractivity (Wildman–Crippen MR) is 235 cm³/mol. The van der Waals surface area contributed by atoms with Gasteiger partial charge in [0.05, 0.1) is 58.1 Å². The molecule has 2 aliphatic carbocycles. The summed E-state index contributed by atoms with van der Waals surface area (Å²) in [6.45, 7) is 7.83. The van der Waals surface area contributed by atoms with Gasteiger partial charge in [0.15, 0.2) is 23.1 Å². The van der Waals surface area contributed by atoms with Gasteiger partial charge in [0.2, 0.25) is 23.6 Å². The molecule has 4 aromatic carbocycles. The Bertz CT molecular complexity index is 2210. The molecule has 4 amide bonds. The van der Waals surface area contributed by atoms with Crippen LogP contribution in [0.1, 0.15) is 106 Å². The van der Waals surface area contributed by atoms with Crippen molar-refractivity contribution in [2.45, 2.75) is 54.6 Å². The van der Waals surface area contributed by atoms with Gasteiger partial charge in [-0.15, -0.1) is 23.2 Å². The van der Waals surface area contributed by atoms with Crippen LogP contribution in [-0.2, 0) is 19.2 Å². The molecule has 16 heteroatoms. The van der Waals surface area contributed by atoms with Crippen molar-refractivity contribution < 1.29 is 38.4 Å². The molecule has 6 rings (SSSR count). The van der Waals surface area contributed by atoms with Gasteiger partial charge in [0.25, 0.3) is 0 Å². The number of benzene rings is 4. The van der Waals surface area contributed by atoms with Gasteiger partial charge in [-0.25, -0.2) is 0 Å². The molecule has 0 unspecified atom stereocenters. The molecule has 6 N–H and O–H groups in total. The van der Waals surface area contributed by atoms with E-state index in [0.717, 1.165) is 0 Å². The minimum absolute atomic E-state index is 0. The molecule has 0 aromatic heterocycles. The Hall–Kier alpha value is -6.06. The largest absolute Gasteiger partial charge is 0.324 e. The van der Waals surface area contributed by atoms with Crippen LogP contribution in [0.2, 0.25) is 0 Å². The quantitative estimate of drug-likeness (QED) is 0.0744. The summed E-state index contributed by atoms with van der Waals surface area (Å²) in [7, 11) is 0. The minimum atomic E-state index is -0.505. The Labute approximate surface area is 358 Å². The highest BCUT2D eigenvalue weighted by Gasteiger charge is 2.35. The van der Waals surface area contributed by atoms with Crippen LogP contribution in [0.25, 0.3) is 0 Å². The number of alkyl halides is 2. The van der Waals surface area contributed by atoms with Crippen molar-refractivity contribution in [2.24, 2.45) is 0 Å². The first kappa shape index (κ1) is 48.3. The molecule has 316 valence electrons. The summed E-state index contributed by atoms with van der Waals surface area (Å²) in [5.41, 5.74) is 2.11. The molecule has 4 aromatic rings. The Morgan fingerprint density at radius 2 is 0.683 bits per heavy atom. The third-order valence-electron chi connectivity index (χ3n) is 8.83. The monoisotopic (exact) mass is 858 g/mol. The maximum absolute atomic E-state index is 13.5. The topological polar surface area (TPSA) is 209 Å². The summed E-state index contributed by atoms with van der Waals surface area (Å²) < 4.78 is 0. The second kappa shape index (κ2) is 21.3. The number of hydrogen-bond acceptors (Lipinski definition) is 10. The number of nitrogens with one attached hydrogen (secondary N) is 6. The van der Waals surface area contributed by atoms with Crippen molar-refractivity contribution in [2.75, 3.05) is 46.1 Å². The average Bonchev–Trinajstić information content (AvgIpc) is 3.20. The van der Waals surface area contributed by atoms with E-state index in [1.54, 1.807) is 48.5 Å². The zero-order valence-corrected chi connectivity index (χ0v) is 33.4. The lowest BCUT2D eigenvalue weighted by molar-refractivity contribution is -0.116. The van der Waals surface area contributed by atoms with Crippen LogP contribution in [0, 0.1) is 0 Å². The molecule has 0 saturated heterocycles. The van der Waals surface area contributed by atoms with Crippen molar-refractivity contribution in [3.63, 3.8) is 0 Å². The molecule has 0 heterocycles. The highest BCUT2D eigenvalue weighted by molar-refractivity contribution is 6.35. The number of amides is 4. The van der Waals surface area contributed by atoms with Gasteiger partial charge in [-0.1, -0.05) is 91.1 Å². The first-order valence-corrected chi connectivity index (χ1v) is 19.2. The molecule has 0 atom stereocenters. The third-order valence-corrected chi connectivity index (χ3v) is 9.31. The third kappa shape index (κ3) is 10.8. The number of ketones is 4. The van der Waals surface area contributed by atoms with Gasteiger partial charge in [-0.2, -0.15) is 0 Å². The number of rotatable bonds is 12. The molecule has 0 saturated carbocycles. The number of fused-ring (bicyclic) bond motifs is 4. The lowest BCUT2D eigenvalue weighted by Gasteiger charge is -2.23. The normalized spacial score (nSPS) is 12.0. The van der Waals surface area contributed by atoms with Crippen molar-refractivity contribution in [3.8, 4) is 0 Å². The number of halogens is 2. The van der Waals surface area contributed by atoms with E-state index < -0.39 is 23.4 Å². The molecule has 2 aliphatic rings. The summed E-state index contributed by atoms with van der Waals surface area (Å²) in [4.78, 5) is 101. The minimum Gasteiger partial charge on any atom is -0.324 e. The number of carbonyl (C=O) groups is 8. The molecular formula is C44H48Cl2N6O8. The zero-order chi connectivity index (χ0) is 42.3. The SMILES string of the molecule is C.C.CC(C)NCC(=O)Nc1cccc2c1C(=O)c1c(NC(=O)CNC(C)C)cccc1C2=O.O=C(CCl)Nc1cccc2c1C(=O)c1c(NC(=O)CCl)cccc1C2=O. The van der Waals surface area contributed by atoms with Gasteiger partial charge in [0.1, 0.15) is 11.8 Å². The van der Waals surface area contributed by atoms with E-state index in [1.165, 1.54) is 24.3 Å². The molecule has 0 radical (unpaired) electrons. The van der Waals surface area contributed by atoms with Crippen LogP contribution in [0.4, 0.5) is 22.7 Å². The van der Waals surface area contributed by atoms with Crippen molar-refractivity contribution in [3.05, 3.63) is 117 Å². The fourth-order valence-electron chi connectivity index (χ4n) is 6.25. The van der Waals surface area contributed by atoms with Gasteiger partial charge < -0.3 is 31.9 Å². The molecule has 60 heavy (non-hydrogen) atoms. The Kier molecular flexibility index (Phi) is 17.1. The summed E-state index contributed by atoms with van der Waals surface area (Å²) in [5, 5.41) is 16.5. The van der Waals surface area contributed by atoms with Crippen LogP contribution < -0.4 is 31.9 Å². The van der Waals surface area contributed by atoms with Crippen LogP contribution in [0.5, 0.6) is 0 Å². The molecule has 14 nitrogen and oxygen atoms in total. The molecule has 0 fully saturated rings. The van der Waals surface area contributed by atoms with Crippen LogP contribution >= 0.6 is 23.2 Å². The lowest BCUT2D eigenvalue weighted by Crippen LogP contribution is -2.34. The van der Waals surface area contributed by atoms with Gasteiger partial charge in [-0.3, -0.25) is 38.4 Å². The lowest BCUT2D eigenvalue weighted by atomic mass is 9.82. The maximum Gasteiger partial charge on any atom is 0.239 e. The maximum atomic E-state index is 13.5. The standard InChI is InChI=1S/C24H28N4O4.C18H12Cl2N2O4.2CH4/c1-13(2)25-11-19(29)27-17-9-5-7-15-21(17)24(32)22-16(23(15)31)8-6-10-18(22)28-20(30)12-26-14(3)4;19-7-13(23)21-11-5-1-3-9-15(11)18(26)16-10(17(9)25)4-2-6-12(16)22-14(24)8-20;;/h5-10,13-14,25-26H,11-12H2,1-4H3,(H,27,29)(H,28,30);1-6H,7-8H2,(H,21,23)(H,22,24);2*1H4. The predicted octanol–water partition coefficient (Wildman–Crippen LogP) is 6.42. The van der Waals surface area contributed by atoms with Gasteiger partial charge in [-0.05, 0) is 24.3 Å². The molecular weight excluding hydrogens is 811 g/mol. The molecule has 0 aliphatic heterocycles. The van der Waals surface area contributed by atoms with Crippen molar-refractivity contribution in [1.82, 2.24) is 10.6 Å². The van der Waals surface area contributed by atoms with Crippen molar-refractivity contribution >= 4 is 92.7 Å². The highest BCUT2D eigenvalue weighted by Crippen LogP contribution is 2.37. The van der Waals surface area contributed by atoms with E-state index in [1.807, 2.05) is 27.7 Å². The van der Waals surface area contributed by atoms with Crippen LogP contribution in [-0.4, -0.2) is 83.7 Å². The Morgan fingerprint density at radius 1 is 0.433 bits per heavy atom. The number of carbonyl (C=O) groups excluding carboxylic acids is 8. The van der Waals surface area contributed by atoms with Crippen molar-refractivity contribution in [1.29, 1.82) is 0 Å². The van der Waals surface area contributed by atoms with Crippen LogP contribution in [0.15, 0.2) is 72.8 Å². The van der Waals surface area contributed by atoms with Gasteiger partial charge in [0, 0.05) is 34.3 Å². The summed E-state index contributed by atoms with van der Waals surface area (Å²) in [5.74, 6) is -3.84. The van der Waals surface area contributed by atoms with E-state index in [4.69, 9.17) is 23.2 Å². The summed E-state index contributed by atoms with van der Waals surface area (Å²) in [6, 6.07) is 19.0. The Morgan fingerprint density at radius 3 is 0.917 bits per heavy atom. The van der Waals surface area contributed by atoms with E-state index in [-0.39, 0.29) is 142 Å². The average molecular weight is 860 g/mol. The first-order valence-electron chi connectivity index (χ1n) is 18.2. The first-order chi connectivity index (χ1) is 27.7. The fraction of sp³-hybridized carbons (Fsp3) is 0.273. The molecule has 0 spiro atoms. The second-order valence-corrected chi connectivity index (χ2v) is 14.3. The molecule has 0 bridgehead atoms. The fourth-order valence-corrected chi connectivity index (χ4v) is 6.38.